The fourth-order valence-electron chi connectivity index (χ4n) is 5.00. The van der Waals surface area contributed by atoms with Crippen LogP contribution in [0.15, 0.2) is 54.6 Å². The maximum Gasteiger partial charge on any atom is 0.329 e. The number of carboxylic acid groups (broad SMARTS) is 1. The molecule has 6 heteroatoms. The molecule has 4 rings (SSSR count). The van der Waals surface area contributed by atoms with Gasteiger partial charge in [-0.2, -0.15) is 5.10 Å². The van der Waals surface area contributed by atoms with E-state index in [4.69, 9.17) is 14.9 Å². The Balaban J connectivity index is 1.60. The molecule has 1 aliphatic carbocycles. The van der Waals surface area contributed by atoms with Crippen LogP contribution >= 0.6 is 0 Å². The third-order valence-corrected chi connectivity index (χ3v) is 6.67. The molecule has 0 amide bonds. The number of hydrogen-bond acceptors (Lipinski definition) is 3. The molecule has 0 atom stereocenters. The average Bonchev–Trinajstić information content (AvgIpc) is 3.19. The first-order chi connectivity index (χ1) is 16.5. The van der Waals surface area contributed by atoms with Gasteiger partial charge in [-0.05, 0) is 73.8 Å². The highest BCUT2D eigenvalue weighted by molar-refractivity contribution is 5.83. The van der Waals surface area contributed by atoms with Gasteiger partial charge in [0.15, 0.2) is 0 Å². The lowest BCUT2D eigenvalue weighted by molar-refractivity contribution is -0.142. The van der Waals surface area contributed by atoms with Crippen molar-refractivity contribution < 1.29 is 19.0 Å². The molecule has 0 saturated heterocycles. The maximum absolute atomic E-state index is 13.7. The quantitative estimate of drug-likeness (QED) is 0.387. The van der Waals surface area contributed by atoms with E-state index in [0.29, 0.717) is 18.4 Å². The van der Waals surface area contributed by atoms with Crippen molar-refractivity contribution in [3.63, 3.8) is 0 Å². The molecule has 0 bridgehead atoms. The minimum atomic E-state index is -0.919. The lowest BCUT2D eigenvalue weighted by Crippen LogP contribution is -2.23. The molecule has 0 aliphatic heterocycles. The summed E-state index contributed by atoms with van der Waals surface area (Å²) in [6, 6.07) is 17.1. The first kappa shape index (κ1) is 24.1. The van der Waals surface area contributed by atoms with E-state index in [2.05, 4.69) is 23.7 Å². The van der Waals surface area contributed by atoms with Gasteiger partial charge >= 0.3 is 5.97 Å². The third-order valence-electron chi connectivity index (χ3n) is 6.67. The molecule has 1 aromatic heterocycles. The number of carbonyl (C=O) groups is 1. The summed E-state index contributed by atoms with van der Waals surface area (Å²) >= 11 is 0. The molecule has 0 radical (unpaired) electrons. The Kier molecular flexibility index (Phi) is 8.12. The lowest BCUT2D eigenvalue weighted by Gasteiger charge is -2.28. The molecule has 3 aromatic rings. The van der Waals surface area contributed by atoms with E-state index in [1.165, 1.54) is 12.1 Å². The molecule has 1 fully saturated rings. The molecule has 180 valence electrons. The van der Waals surface area contributed by atoms with Gasteiger partial charge in [-0.25, -0.2) is 9.18 Å². The number of ether oxygens (including phenoxy) is 1. The molecule has 0 unspecified atom stereocenters. The fraction of sp³-hybridized carbons (Fsp3) is 0.429. The largest absolute Gasteiger partial charge is 0.480 e. The second-order valence-electron chi connectivity index (χ2n) is 9.27. The second kappa shape index (κ2) is 11.4. The van der Waals surface area contributed by atoms with Gasteiger partial charge in [-0.15, -0.1) is 0 Å². The highest BCUT2D eigenvalue weighted by atomic mass is 19.1. The summed E-state index contributed by atoms with van der Waals surface area (Å²) in [5.41, 5.74) is 5.40. The van der Waals surface area contributed by atoms with Crippen molar-refractivity contribution >= 4 is 5.97 Å². The van der Waals surface area contributed by atoms with Gasteiger partial charge in [0.2, 0.25) is 0 Å². The molecule has 2 aromatic carbocycles. The van der Waals surface area contributed by atoms with Crippen LogP contribution in [0.3, 0.4) is 0 Å². The number of nitrogens with zero attached hydrogens (tertiary/aromatic N) is 2. The number of halogens is 1. The molecular weight excluding hydrogens is 431 g/mol. The van der Waals surface area contributed by atoms with Crippen LogP contribution in [0, 0.1) is 17.7 Å². The van der Waals surface area contributed by atoms with Crippen molar-refractivity contribution in [3.8, 4) is 22.4 Å². The van der Waals surface area contributed by atoms with Gasteiger partial charge in [-0.1, -0.05) is 43.7 Å². The van der Waals surface area contributed by atoms with Crippen molar-refractivity contribution in [1.82, 2.24) is 9.78 Å². The minimum Gasteiger partial charge on any atom is -0.480 e. The molecule has 0 spiro atoms. The minimum absolute atomic E-state index is 0.225. The second-order valence-corrected chi connectivity index (χ2v) is 9.27. The van der Waals surface area contributed by atoms with E-state index in [1.54, 1.807) is 0 Å². The van der Waals surface area contributed by atoms with Crippen molar-refractivity contribution in [2.24, 2.45) is 11.8 Å². The Hall–Kier alpha value is -2.99. The number of hydrogen-bond donors (Lipinski definition) is 1. The summed E-state index contributed by atoms with van der Waals surface area (Å²) in [5, 5.41) is 13.9. The monoisotopic (exact) mass is 464 g/mol. The van der Waals surface area contributed by atoms with E-state index in [-0.39, 0.29) is 12.4 Å². The standard InChI is InChI=1S/C28H33FN2O3/c1-2-6-25-27(22-7-4-3-5-8-22)28(23-13-15-24(29)16-14-23)31(30-25)17-20-9-11-21(12-10-20)18-34-19-26(32)33/h3-5,7-8,13-16,20-21H,2,6,9-12,17-19H2,1H3,(H,32,33). The highest BCUT2D eigenvalue weighted by Crippen LogP contribution is 2.38. The van der Waals surface area contributed by atoms with Crippen molar-refractivity contribution in [3.05, 3.63) is 66.1 Å². The highest BCUT2D eigenvalue weighted by Gasteiger charge is 2.26. The van der Waals surface area contributed by atoms with Crippen LogP contribution in [0.5, 0.6) is 0 Å². The van der Waals surface area contributed by atoms with Crippen LogP contribution in [0.25, 0.3) is 22.4 Å². The third kappa shape index (κ3) is 5.92. The summed E-state index contributed by atoms with van der Waals surface area (Å²) in [7, 11) is 0. The number of rotatable bonds is 10. The number of aryl methyl sites for hydroxylation is 1. The van der Waals surface area contributed by atoms with E-state index >= 15 is 0 Å². The molecule has 1 aliphatic rings. The van der Waals surface area contributed by atoms with Gasteiger partial charge in [0, 0.05) is 17.7 Å². The molecular formula is C28H33FN2O3. The Morgan fingerprint density at radius 1 is 1.03 bits per heavy atom. The van der Waals surface area contributed by atoms with Gasteiger partial charge in [0.1, 0.15) is 12.4 Å². The van der Waals surface area contributed by atoms with Crippen LogP contribution in [0.2, 0.25) is 0 Å². The number of carboxylic acids is 1. The summed E-state index contributed by atoms with van der Waals surface area (Å²) in [6.45, 7) is 3.27. The summed E-state index contributed by atoms with van der Waals surface area (Å²) in [4.78, 5) is 10.7. The molecule has 1 N–H and O–H groups in total. The zero-order valence-corrected chi connectivity index (χ0v) is 19.8. The molecule has 1 heterocycles. The Labute approximate surface area is 200 Å². The van der Waals surface area contributed by atoms with Gasteiger partial charge in [0.05, 0.1) is 18.0 Å². The number of aliphatic carboxylic acids is 1. The van der Waals surface area contributed by atoms with Crippen molar-refractivity contribution in [2.75, 3.05) is 13.2 Å². The fourth-order valence-corrected chi connectivity index (χ4v) is 5.00. The molecule has 34 heavy (non-hydrogen) atoms. The van der Waals surface area contributed by atoms with E-state index in [9.17, 15) is 9.18 Å². The van der Waals surface area contributed by atoms with Gasteiger partial charge in [-0.3, -0.25) is 4.68 Å². The van der Waals surface area contributed by atoms with Crippen molar-refractivity contribution in [1.29, 1.82) is 0 Å². The summed E-state index contributed by atoms with van der Waals surface area (Å²) < 4.78 is 21.2. The first-order valence-electron chi connectivity index (χ1n) is 12.3. The predicted molar refractivity (Wildman–Crippen MR) is 131 cm³/mol. The van der Waals surface area contributed by atoms with Crippen LogP contribution in [0.4, 0.5) is 4.39 Å². The molecule has 5 nitrogen and oxygen atoms in total. The normalized spacial score (nSPS) is 18.2. The Bertz CT molecular complexity index is 1070. The SMILES string of the molecule is CCCc1nn(CC2CCC(COCC(=O)O)CC2)c(-c2ccc(F)cc2)c1-c1ccccc1. The number of aromatic nitrogens is 2. The first-order valence-corrected chi connectivity index (χ1v) is 12.3. The number of benzene rings is 2. The van der Waals surface area contributed by atoms with Crippen LogP contribution in [-0.4, -0.2) is 34.1 Å². The molecule has 1 saturated carbocycles. The van der Waals surface area contributed by atoms with Gasteiger partial charge in [0.25, 0.3) is 0 Å². The summed E-state index contributed by atoms with van der Waals surface area (Å²) in [5.74, 6) is -0.251. The topological polar surface area (TPSA) is 64.4 Å². The van der Waals surface area contributed by atoms with E-state index < -0.39 is 5.97 Å². The van der Waals surface area contributed by atoms with Gasteiger partial charge < -0.3 is 9.84 Å². The predicted octanol–water partition coefficient (Wildman–Crippen LogP) is 6.22. The smallest absolute Gasteiger partial charge is 0.329 e. The van der Waals surface area contributed by atoms with Crippen LogP contribution in [-0.2, 0) is 22.5 Å². The van der Waals surface area contributed by atoms with E-state index in [0.717, 1.165) is 73.1 Å². The zero-order valence-electron chi connectivity index (χ0n) is 19.8. The zero-order chi connectivity index (χ0) is 23.9. The lowest BCUT2D eigenvalue weighted by atomic mass is 9.82. The van der Waals surface area contributed by atoms with Crippen molar-refractivity contribution in [2.45, 2.75) is 52.0 Å². The Morgan fingerprint density at radius 3 is 2.35 bits per heavy atom. The maximum atomic E-state index is 13.7. The van der Waals surface area contributed by atoms with Crippen LogP contribution < -0.4 is 0 Å². The average molecular weight is 465 g/mol. The van der Waals surface area contributed by atoms with E-state index in [1.807, 2.05) is 30.3 Å². The van der Waals surface area contributed by atoms with Crippen LogP contribution in [0.1, 0.15) is 44.7 Å². The Morgan fingerprint density at radius 2 is 1.71 bits per heavy atom. The summed E-state index contributed by atoms with van der Waals surface area (Å²) in [6.07, 6.45) is 6.08.